The number of nitrogens with one attached hydrogen (secondary N) is 1. The maximum absolute atomic E-state index is 10.2. The van der Waals surface area contributed by atoms with Crippen molar-refractivity contribution in [3.05, 3.63) is 22.2 Å². The van der Waals surface area contributed by atoms with E-state index in [0.717, 1.165) is 37.3 Å². The smallest absolute Gasteiger partial charge is 0.165 e. The van der Waals surface area contributed by atoms with Gasteiger partial charge in [-0.3, -0.25) is 4.90 Å². The van der Waals surface area contributed by atoms with E-state index in [9.17, 15) is 5.11 Å². The van der Waals surface area contributed by atoms with Crippen LogP contribution in [0.3, 0.4) is 0 Å². The molecule has 0 spiro atoms. The summed E-state index contributed by atoms with van der Waals surface area (Å²) in [6.07, 6.45) is 0. The van der Waals surface area contributed by atoms with Crippen molar-refractivity contribution in [1.29, 1.82) is 0 Å². The second-order valence-corrected chi connectivity index (χ2v) is 4.96. The molecule has 0 aliphatic carbocycles. The number of rotatable bonds is 3. The molecule has 1 aliphatic rings. The first-order chi connectivity index (χ1) is 8.63. The van der Waals surface area contributed by atoms with E-state index in [1.165, 1.54) is 0 Å². The average Bonchev–Trinajstić information content (AvgIpc) is 2.38. The highest BCUT2D eigenvalue weighted by atomic mass is 35.5. The molecule has 0 unspecified atom stereocenters. The van der Waals surface area contributed by atoms with Crippen LogP contribution in [0.25, 0.3) is 0 Å². The van der Waals surface area contributed by atoms with Gasteiger partial charge in [0, 0.05) is 48.9 Å². The molecule has 0 bridgehead atoms. The van der Waals surface area contributed by atoms with Crippen molar-refractivity contribution < 1.29 is 9.84 Å². The summed E-state index contributed by atoms with van der Waals surface area (Å²) in [7, 11) is 1.55. The Morgan fingerprint density at radius 3 is 2.72 bits per heavy atom. The van der Waals surface area contributed by atoms with Crippen molar-refractivity contribution in [2.75, 3.05) is 33.3 Å². The Hall–Kier alpha value is -0.970. The number of piperazine rings is 1. The van der Waals surface area contributed by atoms with E-state index in [4.69, 9.17) is 16.3 Å². The summed E-state index contributed by atoms with van der Waals surface area (Å²) in [6.45, 7) is 6.47. The van der Waals surface area contributed by atoms with Gasteiger partial charge < -0.3 is 15.2 Å². The van der Waals surface area contributed by atoms with Gasteiger partial charge in [0.25, 0.3) is 0 Å². The normalized spacial score (nSPS) is 16.8. The zero-order chi connectivity index (χ0) is 13.1. The Kier molecular flexibility index (Phi) is 4.32. The Bertz CT molecular complexity index is 431. The van der Waals surface area contributed by atoms with E-state index in [2.05, 4.69) is 10.2 Å². The summed E-state index contributed by atoms with van der Waals surface area (Å²) in [6, 6.07) is 1.83. The third kappa shape index (κ3) is 2.71. The molecule has 100 valence electrons. The van der Waals surface area contributed by atoms with Crippen molar-refractivity contribution in [3.63, 3.8) is 0 Å². The molecular formula is C13H19ClN2O2. The molecule has 4 nitrogen and oxygen atoms in total. The molecule has 1 aromatic carbocycles. The highest BCUT2D eigenvalue weighted by Gasteiger charge is 2.18. The topological polar surface area (TPSA) is 44.7 Å². The summed E-state index contributed by atoms with van der Waals surface area (Å²) < 4.78 is 5.22. The second-order valence-electron chi connectivity index (χ2n) is 4.55. The molecule has 2 N–H and O–H groups in total. The monoisotopic (exact) mass is 270 g/mol. The van der Waals surface area contributed by atoms with E-state index in [0.29, 0.717) is 17.3 Å². The van der Waals surface area contributed by atoms with Crippen molar-refractivity contribution >= 4 is 11.6 Å². The summed E-state index contributed by atoms with van der Waals surface area (Å²) in [5.41, 5.74) is 1.60. The highest BCUT2D eigenvalue weighted by molar-refractivity contribution is 6.31. The number of hydrogen-bond donors (Lipinski definition) is 2. The van der Waals surface area contributed by atoms with Crippen LogP contribution in [-0.2, 0) is 6.54 Å². The van der Waals surface area contributed by atoms with Gasteiger partial charge in [0.05, 0.1) is 7.11 Å². The summed E-state index contributed by atoms with van der Waals surface area (Å²) in [5.74, 6) is 0.686. The van der Waals surface area contributed by atoms with Crippen molar-refractivity contribution in [1.82, 2.24) is 10.2 Å². The molecule has 0 aromatic heterocycles. The zero-order valence-electron chi connectivity index (χ0n) is 10.8. The Labute approximate surface area is 113 Å². The number of phenolic OH excluding ortho intramolecular Hbond substituents is 1. The number of nitrogens with zero attached hydrogens (tertiary/aromatic N) is 1. The molecule has 1 aliphatic heterocycles. The zero-order valence-corrected chi connectivity index (χ0v) is 11.5. The Morgan fingerprint density at radius 2 is 2.11 bits per heavy atom. The minimum Gasteiger partial charge on any atom is -0.504 e. The molecule has 1 fully saturated rings. The first kappa shape index (κ1) is 13.5. The predicted octanol–water partition coefficient (Wildman–Crippen LogP) is 1.77. The van der Waals surface area contributed by atoms with Crippen LogP contribution in [0.4, 0.5) is 0 Å². The van der Waals surface area contributed by atoms with Gasteiger partial charge in [-0.1, -0.05) is 11.6 Å². The maximum atomic E-state index is 10.2. The fourth-order valence-corrected chi connectivity index (χ4v) is 2.46. The van der Waals surface area contributed by atoms with Crippen LogP contribution < -0.4 is 10.1 Å². The van der Waals surface area contributed by atoms with Crippen LogP contribution in [-0.4, -0.2) is 43.3 Å². The number of phenols is 1. The quantitative estimate of drug-likeness (QED) is 0.879. The van der Waals surface area contributed by atoms with Crippen LogP contribution in [0.5, 0.6) is 11.5 Å². The third-order valence-corrected chi connectivity index (χ3v) is 3.72. The van der Waals surface area contributed by atoms with Gasteiger partial charge in [0.2, 0.25) is 0 Å². The first-order valence-corrected chi connectivity index (χ1v) is 6.49. The lowest BCUT2D eigenvalue weighted by molar-refractivity contribution is 0.229. The minimum atomic E-state index is 0.206. The highest BCUT2D eigenvalue weighted by Crippen LogP contribution is 2.38. The maximum Gasteiger partial charge on any atom is 0.165 e. The third-order valence-electron chi connectivity index (χ3n) is 3.33. The number of aromatic hydroxyl groups is 1. The van der Waals surface area contributed by atoms with Gasteiger partial charge in [0.1, 0.15) is 0 Å². The Balaban J connectivity index is 2.24. The molecule has 2 rings (SSSR count). The van der Waals surface area contributed by atoms with Crippen molar-refractivity contribution in [2.45, 2.75) is 13.5 Å². The molecule has 0 amide bonds. The number of hydrogen-bond acceptors (Lipinski definition) is 4. The largest absolute Gasteiger partial charge is 0.504 e. The average molecular weight is 271 g/mol. The van der Waals surface area contributed by atoms with Crippen molar-refractivity contribution in [3.8, 4) is 11.5 Å². The van der Waals surface area contributed by atoms with Gasteiger partial charge in [-0.2, -0.15) is 0 Å². The number of ether oxygens (including phenoxy) is 1. The van der Waals surface area contributed by atoms with Crippen LogP contribution in [0.15, 0.2) is 6.07 Å². The predicted molar refractivity (Wildman–Crippen MR) is 72.6 cm³/mol. The summed E-state index contributed by atoms with van der Waals surface area (Å²) in [5, 5.41) is 14.1. The number of methoxy groups -OCH3 is 1. The van der Waals surface area contributed by atoms with Gasteiger partial charge in [-0.05, 0) is 13.0 Å². The fraction of sp³-hybridized carbons (Fsp3) is 0.538. The standard InChI is InChI=1S/C13H19ClN2O2/c1-9-11(14)7-10(12(17)13(9)18-2)8-16-5-3-15-4-6-16/h7,15,17H,3-6,8H2,1-2H3. The molecule has 5 heteroatoms. The number of benzene rings is 1. The van der Waals surface area contributed by atoms with Crippen LogP contribution in [0.1, 0.15) is 11.1 Å². The van der Waals surface area contributed by atoms with Gasteiger partial charge in [-0.15, -0.1) is 0 Å². The number of halogens is 1. The second kappa shape index (κ2) is 5.78. The van der Waals surface area contributed by atoms with E-state index in [-0.39, 0.29) is 5.75 Å². The summed E-state index contributed by atoms with van der Waals surface area (Å²) >= 11 is 6.17. The lowest BCUT2D eigenvalue weighted by Gasteiger charge is -2.27. The molecular weight excluding hydrogens is 252 g/mol. The lowest BCUT2D eigenvalue weighted by atomic mass is 10.1. The van der Waals surface area contributed by atoms with E-state index >= 15 is 0 Å². The minimum absolute atomic E-state index is 0.206. The van der Waals surface area contributed by atoms with Gasteiger partial charge >= 0.3 is 0 Å². The first-order valence-electron chi connectivity index (χ1n) is 6.11. The van der Waals surface area contributed by atoms with E-state index in [1.807, 2.05) is 13.0 Å². The van der Waals surface area contributed by atoms with Crippen LogP contribution >= 0.6 is 11.6 Å². The molecule has 1 aromatic rings. The molecule has 0 atom stereocenters. The fourth-order valence-electron chi connectivity index (χ4n) is 2.24. The van der Waals surface area contributed by atoms with Gasteiger partial charge in [-0.25, -0.2) is 0 Å². The molecule has 18 heavy (non-hydrogen) atoms. The van der Waals surface area contributed by atoms with Crippen molar-refractivity contribution in [2.24, 2.45) is 0 Å². The van der Waals surface area contributed by atoms with Gasteiger partial charge in [0.15, 0.2) is 11.5 Å². The lowest BCUT2D eigenvalue weighted by Crippen LogP contribution is -2.42. The van der Waals surface area contributed by atoms with E-state index in [1.54, 1.807) is 7.11 Å². The summed E-state index contributed by atoms with van der Waals surface area (Å²) in [4.78, 5) is 2.29. The molecule has 1 saturated heterocycles. The molecule has 1 heterocycles. The van der Waals surface area contributed by atoms with E-state index < -0.39 is 0 Å². The molecule has 0 radical (unpaired) electrons. The molecule has 0 saturated carbocycles. The Morgan fingerprint density at radius 1 is 1.44 bits per heavy atom. The van der Waals surface area contributed by atoms with Crippen LogP contribution in [0.2, 0.25) is 5.02 Å². The van der Waals surface area contributed by atoms with Crippen LogP contribution in [0, 0.1) is 6.92 Å². The SMILES string of the molecule is COc1c(C)c(Cl)cc(CN2CCNCC2)c1O.